The van der Waals surface area contributed by atoms with E-state index in [1.54, 1.807) is 27.7 Å². The first kappa shape index (κ1) is 13.1. The SMILES string of the molecule is COC(=O)C(C)(C)CC(=O)C(C)(C)[NH3+]. The highest BCUT2D eigenvalue weighted by molar-refractivity contribution is 5.90. The zero-order valence-electron chi connectivity index (χ0n) is 9.64. The zero-order valence-corrected chi connectivity index (χ0v) is 9.64. The number of methoxy groups -OCH3 is 1. The van der Waals surface area contributed by atoms with Gasteiger partial charge in [0.25, 0.3) is 0 Å². The summed E-state index contributed by atoms with van der Waals surface area (Å²) in [6.45, 7) is 6.87. The zero-order chi connectivity index (χ0) is 11.6. The molecule has 0 fully saturated rings. The Bertz CT molecular complexity index is 238. The van der Waals surface area contributed by atoms with Crippen LogP contribution in [-0.2, 0) is 14.3 Å². The third-order valence-electron chi connectivity index (χ3n) is 2.10. The van der Waals surface area contributed by atoms with Gasteiger partial charge in [0.05, 0.1) is 12.5 Å². The first-order valence-corrected chi connectivity index (χ1v) is 4.58. The Kier molecular flexibility index (Phi) is 3.82. The fourth-order valence-electron chi connectivity index (χ4n) is 0.989. The van der Waals surface area contributed by atoms with Crippen LogP contribution in [0, 0.1) is 5.41 Å². The molecule has 4 heteroatoms. The van der Waals surface area contributed by atoms with Crippen molar-refractivity contribution >= 4 is 11.8 Å². The predicted molar refractivity (Wildman–Crippen MR) is 52.4 cm³/mol. The van der Waals surface area contributed by atoms with Crippen molar-refractivity contribution in [3.05, 3.63) is 0 Å². The molecule has 0 saturated heterocycles. The lowest BCUT2D eigenvalue weighted by Gasteiger charge is -2.23. The van der Waals surface area contributed by atoms with E-state index in [2.05, 4.69) is 10.5 Å². The second kappa shape index (κ2) is 4.09. The van der Waals surface area contributed by atoms with Crippen LogP contribution in [-0.4, -0.2) is 24.4 Å². The summed E-state index contributed by atoms with van der Waals surface area (Å²) < 4.78 is 4.62. The van der Waals surface area contributed by atoms with Gasteiger partial charge in [0, 0.05) is 6.42 Å². The Labute approximate surface area is 84.8 Å². The summed E-state index contributed by atoms with van der Waals surface area (Å²) >= 11 is 0. The number of hydrogen-bond donors (Lipinski definition) is 1. The summed E-state index contributed by atoms with van der Waals surface area (Å²) in [7, 11) is 1.32. The van der Waals surface area contributed by atoms with Crippen molar-refractivity contribution in [3.8, 4) is 0 Å². The second-order valence-electron chi connectivity index (χ2n) is 4.86. The summed E-state index contributed by atoms with van der Waals surface area (Å²) in [4.78, 5) is 22.9. The average Bonchev–Trinajstić information content (AvgIpc) is 2.00. The summed E-state index contributed by atoms with van der Waals surface area (Å²) in [6.07, 6.45) is 0.163. The molecule has 82 valence electrons. The molecule has 0 heterocycles. The lowest BCUT2D eigenvalue weighted by atomic mass is 9.82. The van der Waals surface area contributed by atoms with Crippen LogP contribution in [0.1, 0.15) is 34.1 Å². The molecule has 0 spiro atoms. The molecule has 0 radical (unpaired) electrons. The van der Waals surface area contributed by atoms with Gasteiger partial charge in [-0.15, -0.1) is 0 Å². The summed E-state index contributed by atoms with van der Waals surface area (Å²) in [6, 6.07) is 0. The van der Waals surface area contributed by atoms with Gasteiger partial charge in [-0.05, 0) is 27.7 Å². The van der Waals surface area contributed by atoms with Crippen molar-refractivity contribution in [1.82, 2.24) is 0 Å². The fourth-order valence-corrected chi connectivity index (χ4v) is 0.989. The number of quaternary nitrogens is 1. The Hall–Kier alpha value is -0.900. The highest BCUT2D eigenvalue weighted by atomic mass is 16.5. The molecule has 0 aliphatic carbocycles. The lowest BCUT2D eigenvalue weighted by molar-refractivity contribution is -0.445. The number of carbonyl (C=O) groups excluding carboxylic acids is 2. The smallest absolute Gasteiger partial charge is 0.311 e. The number of ether oxygens (including phenoxy) is 1. The summed E-state index contributed by atoms with van der Waals surface area (Å²) in [5, 5.41) is 0. The molecule has 4 nitrogen and oxygen atoms in total. The first-order valence-electron chi connectivity index (χ1n) is 4.58. The molecule has 0 aromatic carbocycles. The van der Waals surface area contributed by atoms with Crippen LogP contribution in [0.5, 0.6) is 0 Å². The highest BCUT2D eigenvalue weighted by Gasteiger charge is 2.37. The van der Waals surface area contributed by atoms with E-state index >= 15 is 0 Å². The number of hydrogen-bond acceptors (Lipinski definition) is 3. The van der Waals surface area contributed by atoms with Gasteiger partial charge in [-0.1, -0.05) is 0 Å². The van der Waals surface area contributed by atoms with Gasteiger partial charge < -0.3 is 10.5 Å². The van der Waals surface area contributed by atoms with Gasteiger partial charge in [0.1, 0.15) is 5.54 Å². The van der Waals surface area contributed by atoms with E-state index < -0.39 is 11.0 Å². The van der Waals surface area contributed by atoms with Crippen molar-refractivity contribution in [2.75, 3.05) is 7.11 Å². The maximum absolute atomic E-state index is 11.6. The second-order valence-corrected chi connectivity index (χ2v) is 4.86. The van der Waals surface area contributed by atoms with Crippen molar-refractivity contribution in [2.45, 2.75) is 39.7 Å². The summed E-state index contributed by atoms with van der Waals surface area (Å²) in [5.41, 5.74) is 2.33. The van der Waals surface area contributed by atoms with Crippen molar-refractivity contribution in [1.29, 1.82) is 0 Å². The van der Waals surface area contributed by atoms with Gasteiger partial charge in [-0.25, -0.2) is 0 Å². The van der Waals surface area contributed by atoms with Gasteiger partial charge in [0.15, 0.2) is 5.78 Å². The molecular weight excluding hydrogens is 182 g/mol. The van der Waals surface area contributed by atoms with Gasteiger partial charge in [0.2, 0.25) is 0 Å². The quantitative estimate of drug-likeness (QED) is 0.660. The molecule has 3 N–H and O–H groups in total. The van der Waals surface area contributed by atoms with Crippen molar-refractivity contribution in [2.24, 2.45) is 5.41 Å². The largest absolute Gasteiger partial charge is 0.469 e. The maximum Gasteiger partial charge on any atom is 0.311 e. The fraction of sp³-hybridized carbons (Fsp3) is 0.800. The van der Waals surface area contributed by atoms with E-state index in [0.29, 0.717) is 0 Å². The molecule has 0 aromatic rings. The van der Waals surface area contributed by atoms with E-state index in [-0.39, 0.29) is 18.2 Å². The number of Topliss-reactive ketones (excluding diaryl/α,β-unsaturated/α-hetero) is 1. The molecule has 0 bridgehead atoms. The van der Waals surface area contributed by atoms with Crippen LogP contribution in [0.3, 0.4) is 0 Å². The van der Waals surface area contributed by atoms with Crippen LogP contribution in [0.4, 0.5) is 0 Å². The molecule has 0 aromatic heterocycles. The van der Waals surface area contributed by atoms with E-state index in [0.717, 1.165) is 0 Å². The Balaban J connectivity index is 4.53. The van der Waals surface area contributed by atoms with Crippen LogP contribution >= 0.6 is 0 Å². The molecule has 0 amide bonds. The van der Waals surface area contributed by atoms with E-state index in [4.69, 9.17) is 0 Å². The molecule has 0 aliphatic heterocycles. The minimum atomic E-state index is -0.763. The minimum Gasteiger partial charge on any atom is -0.469 e. The van der Waals surface area contributed by atoms with Crippen LogP contribution in [0.2, 0.25) is 0 Å². The summed E-state index contributed by atoms with van der Waals surface area (Å²) in [5.74, 6) is -0.400. The molecule has 0 saturated carbocycles. The Morgan fingerprint density at radius 3 is 1.93 bits per heavy atom. The Morgan fingerprint density at radius 1 is 1.21 bits per heavy atom. The molecule has 14 heavy (non-hydrogen) atoms. The number of ketones is 1. The normalized spacial score (nSPS) is 12.4. The van der Waals surface area contributed by atoms with Gasteiger partial charge in [-0.3, -0.25) is 9.59 Å². The van der Waals surface area contributed by atoms with E-state index in [1.807, 2.05) is 0 Å². The molecule has 0 atom stereocenters. The van der Waals surface area contributed by atoms with E-state index in [1.165, 1.54) is 7.11 Å². The van der Waals surface area contributed by atoms with Gasteiger partial charge in [-0.2, -0.15) is 0 Å². The van der Waals surface area contributed by atoms with Gasteiger partial charge >= 0.3 is 5.97 Å². The lowest BCUT2D eigenvalue weighted by Crippen LogP contribution is -2.73. The van der Waals surface area contributed by atoms with Crippen molar-refractivity contribution < 1.29 is 20.1 Å². The maximum atomic E-state index is 11.6. The molecule has 0 rings (SSSR count). The van der Waals surface area contributed by atoms with Crippen LogP contribution in [0.15, 0.2) is 0 Å². The molecule has 0 aliphatic rings. The molecule has 0 unspecified atom stereocenters. The number of rotatable bonds is 4. The first-order chi connectivity index (χ1) is 6.11. The number of carbonyl (C=O) groups is 2. The van der Waals surface area contributed by atoms with E-state index in [9.17, 15) is 9.59 Å². The topological polar surface area (TPSA) is 71.0 Å². The van der Waals surface area contributed by atoms with Crippen LogP contribution in [0.25, 0.3) is 0 Å². The standard InChI is InChI=1S/C10H19NO3/c1-9(2,8(13)14-5)6-7(12)10(3,4)11/h6,11H2,1-5H3/p+1. The third kappa shape index (κ3) is 3.46. The van der Waals surface area contributed by atoms with Crippen molar-refractivity contribution in [3.63, 3.8) is 0 Å². The predicted octanol–water partition coefficient (Wildman–Crippen LogP) is 0.165. The number of esters is 1. The van der Waals surface area contributed by atoms with Crippen LogP contribution < -0.4 is 5.73 Å². The average molecular weight is 202 g/mol. The third-order valence-corrected chi connectivity index (χ3v) is 2.10. The monoisotopic (exact) mass is 202 g/mol. The highest BCUT2D eigenvalue weighted by Crippen LogP contribution is 2.24. The minimum absolute atomic E-state index is 0.0344. The Morgan fingerprint density at radius 2 is 1.64 bits per heavy atom. The molecular formula is C10H20NO3+.